The van der Waals surface area contributed by atoms with Crippen LogP contribution >= 0.6 is 0 Å². The van der Waals surface area contributed by atoms with Gasteiger partial charge in [-0.15, -0.1) is 6.58 Å². The number of aliphatic hydroxyl groups is 1. The van der Waals surface area contributed by atoms with E-state index in [4.69, 9.17) is 4.74 Å². The zero-order chi connectivity index (χ0) is 20.7. The molecule has 0 aromatic heterocycles. The molecule has 1 aromatic rings. The first-order chi connectivity index (χ1) is 12.7. The van der Waals surface area contributed by atoms with Gasteiger partial charge in [-0.2, -0.15) is 4.39 Å². The van der Waals surface area contributed by atoms with Gasteiger partial charge >= 0.3 is 11.7 Å². The summed E-state index contributed by atoms with van der Waals surface area (Å²) in [4.78, 5) is 25.6. The van der Waals surface area contributed by atoms with Crippen LogP contribution in [0.4, 0.5) is 18.9 Å². The molecule has 27 heavy (non-hydrogen) atoms. The molecule has 0 fully saturated rings. The number of benzene rings is 1. The number of ether oxygens (including phenoxy) is 1. The first-order valence-electron chi connectivity index (χ1n) is 7.71. The van der Waals surface area contributed by atoms with Crippen LogP contribution in [-0.4, -0.2) is 35.4 Å². The molecular formula is C17H17F3N2O5. The van der Waals surface area contributed by atoms with Crippen molar-refractivity contribution < 1.29 is 32.7 Å². The van der Waals surface area contributed by atoms with Gasteiger partial charge in [0, 0.05) is 11.8 Å². The maximum Gasteiger partial charge on any atom is 0.343 e. The lowest BCUT2D eigenvalue weighted by molar-refractivity contribution is -0.388. The number of carbonyl (C=O) groups is 1. The molecule has 7 nitrogen and oxygen atoms in total. The topological polar surface area (TPSA) is 102 Å². The second-order valence-electron chi connectivity index (χ2n) is 5.23. The van der Waals surface area contributed by atoms with E-state index in [0.717, 1.165) is 13.1 Å². The third-order valence-electron chi connectivity index (χ3n) is 3.30. The van der Waals surface area contributed by atoms with E-state index in [1.165, 1.54) is 6.08 Å². The molecule has 0 bridgehead atoms. The lowest BCUT2D eigenvalue weighted by Gasteiger charge is -2.11. The minimum absolute atomic E-state index is 0.000774. The van der Waals surface area contributed by atoms with Crippen molar-refractivity contribution >= 4 is 23.6 Å². The van der Waals surface area contributed by atoms with Crippen molar-refractivity contribution in [1.29, 1.82) is 0 Å². The average Bonchev–Trinajstić information content (AvgIpc) is 2.63. The van der Waals surface area contributed by atoms with Crippen LogP contribution in [0.3, 0.4) is 0 Å². The Morgan fingerprint density at radius 2 is 1.96 bits per heavy atom. The van der Waals surface area contributed by atoms with Gasteiger partial charge in [0.25, 0.3) is 0 Å². The normalized spacial score (nSPS) is 12.0. The molecule has 0 saturated carbocycles. The fourth-order valence-corrected chi connectivity index (χ4v) is 1.99. The van der Waals surface area contributed by atoms with Gasteiger partial charge in [-0.3, -0.25) is 15.1 Å². The average molecular weight is 386 g/mol. The number of hydrogen-bond acceptors (Lipinski definition) is 6. The minimum atomic E-state index is -1.97. The van der Waals surface area contributed by atoms with Gasteiger partial charge in [0.05, 0.1) is 18.1 Å². The number of hydrogen-bond donors (Lipinski definition) is 1. The third kappa shape index (κ3) is 4.72. The Bertz CT molecular complexity index is 835. The number of carbonyl (C=O) groups excluding carboxylic acids is 1. The molecule has 0 aliphatic rings. The number of aliphatic imine (C=N–C) groups is 1. The van der Waals surface area contributed by atoms with Crippen molar-refractivity contribution in [3.05, 3.63) is 56.9 Å². The summed E-state index contributed by atoms with van der Waals surface area (Å²) >= 11 is 0. The van der Waals surface area contributed by atoms with Crippen LogP contribution in [-0.2, 0) is 9.53 Å². The van der Waals surface area contributed by atoms with Crippen LogP contribution < -0.4 is 0 Å². The Labute approximate surface area is 152 Å². The van der Waals surface area contributed by atoms with Crippen LogP contribution in [0.2, 0.25) is 0 Å². The largest absolute Gasteiger partial charge is 0.506 e. The zero-order valence-electron chi connectivity index (χ0n) is 14.6. The summed E-state index contributed by atoms with van der Waals surface area (Å²) in [7, 11) is 0. The molecule has 146 valence electrons. The van der Waals surface area contributed by atoms with Crippen molar-refractivity contribution in [2.24, 2.45) is 4.99 Å². The van der Waals surface area contributed by atoms with E-state index in [-0.39, 0.29) is 13.2 Å². The Morgan fingerprint density at radius 3 is 2.48 bits per heavy atom. The lowest BCUT2D eigenvalue weighted by atomic mass is 10.0. The van der Waals surface area contributed by atoms with Crippen LogP contribution in [0.25, 0.3) is 5.76 Å². The van der Waals surface area contributed by atoms with Crippen molar-refractivity contribution in [2.75, 3.05) is 13.2 Å². The molecule has 0 amide bonds. The summed E-state index contributed by atoms with van der Waals surface area (Å²) in [5.41, 5.74) is -4.57. The van der Waals surface area contributed by atoms with Gasteiger partial charge < -0.3 is 9.84 Å². The SMILES string of the molecule is C=CCN=CC(C(=O)OCCC)=C(O)c1c(F)c(C)c(F)c(F)c1[N+](=O)[O-]. The fourth-order valence-electron chi connectivity index (χ4n) is 1.99. The van der Waals surface area contributed by atoms with E-state index in [1.54, 1.807) is 6.92 Å². The van der Waals surface area contributed by atoms with Gasteiger partial charge in [0.2, 0.25) is 5.82 Å². The van der Waals surface area contributed by atoms with Crippen LogP contribution in [0.15, 0.2) is 23.2 Å². The number of aliphatic hydroxyl groups excluding tert-OH is 1. The standard InChI is InChI=1S/C17H17F3N2O5/c1-4-6-21-8-10(17(24)27-7-5-2)16(23)11-12(18)9(3)13(19)14(20)15(11)22(25)26/h4,8,23H,1,5-7H2,2-3H3. The molecule has 0 heterocycles. The highest BCUT2D eigenvalue weighted by Gasteiger charge is 2.35. The van der Waals surface area contributed by atoms with Crippen molar-refractivity contribution in [3.8, 4) is 0 Å². The summed E-state index contributed by atoms with van der Waals surface area (Å²) in [5, 5.41) is 21.5. The summed E-state index contributed by atoms with van der Waals surface area (Å²) < 4.78 is 47.0. The lowest BCUT2D eigenvalue weighted by Crippen LogP contribution is -2.15. The van der Waals surface area contributed by atoms with Gasteiger partial charge in [-0.25, -0.2) is 13.6 Å². The summed E-state index contributed by atoms with van der Waals surface area (Å²) in [6.45, 7) is 5.84. The second kappa shape index (κ2) is 9.51. The van der Waals surface area contributed by atoms with E-state index in [0.29, 0.717) is 6.42 Å². The highest BCUT2D eigenvalue weighted by Crippen LogP contribution is 2.35. The second-order valence-corrected chi connectivity index (χ2v) is 5.23. The Hall–Kier alpha value is -3.17. The van der Waals surface area contributed by atoms with Crippen LogP contribution in [0.5, 0.6) is 0 Å². The van der Waals surface area contributed by atoms with E-state index in [1.807, 2.05) is 0 Å². The van der Waals surface area contributed by atoms with Gasteiger partial charge in [-0.05, 0) is 13.3 Å². The molecule has 1 N–H and O–H groups in total. The van der Waals surface area contributed by atoms with E-state index >= 15 is 0 Å². The fraction of sp³-hybridized carbons (Fsp3) is 0.294. The van der Waals surface area contributed by atoms with Gasteiger partial charge in [0.1, 0.15) is 22.7 Å². The number of nitro benzene ring substituents is 1. The number of nitro groups is 1. The molecule has 0 spiro atoms. The smallest absolute Gasteiger partial charge is 0.343 e. The Kier molecular flexibility index (Phi) is 7.70. The van der Waals surface area contributed by atoms with E-state index in [2.05, 4.69) is 11.6 Å². The summed E-state index contributed by atoms with van der Waals surface area (Å²) in [6.07, 6.45) is 2.55. The van der Waals surface area contributed by atoms with E-state index in [9.17, 15) is 33.2 Å². The maximum absolute atomic E-state index is 14.5. The molecule has 1 aromatic carbocycles. The molecular weight excluding hydrogens is 369 g/mol. The molecule has 0 aliphatic carbocycles. The zero-order valence-corrected chi connectivity index (χ0v) is 14.6. The molecule has 0 radical (unpaired) electrons. The molecule has 0 atom stereocenters. The molecule has 0 aliphatic heterocycles. The Balaban J connectivity index is 3.81. The highest BCUT2D eigenvalue weighted by molar-refractivity contribution is 6.15. The molecule has 0 saturated heterocycles. The van der Waals surface area contributed by atoms with Crippen molar-refractivity contribution in [3.63, 3.8) is 0 Å². The van der Waals surface area contributed by atoms with Crippen molar-refractivity contribution in [2.45, 2.75) is 20.3 Å². The quantitative estimate of drug-likeness (QED) is 0.107. The molecule has 0 unspecified atom stereocenters. The Morgan fingerprint density at radius 1 is 1.33 bits per heavy atom. The molecule has 10 heteroatoms. The van der Waals surface area contributed by atoms with Gasteiger partial charge in [0.15, 0.2) is 5.82 Å². The van der Waals surface area contributed by atoms with Crippen molar-refractivity contribution in [1.82, 2.24) is 0 Å². The maximum atomic E-state index is 14.5. The third-order valence-corrected chi connectivity index (χ3v) is 3.30. The first-order valence-corrected chi connectivity index (χ1v) is 7.71. The highest BCUT2D eigenvalue weighted by atomic mass is 19.2. The summed E-state index contributed by atoms with van der Waals surface area (Å²) in [6, 6.07) is 0. The summed E-state index contributed by atoms with van der Waals surface area (Å²) in [5.74, 6) is -7.79. The minimum Gasteiger partial charge on any atom is -0.506 e. The number of esters is 1. The molecule has 1 rings (SSSR count). The predicted molar refractivity (Wildman–Crippen MR) is 92.1 cm³/mol. The van der Waals surface area contributed by atoms with Crippen LogP contribution in [0, 0.1) is 34.5 Å². The van der Waals surface area contributed by atoms with Crippen LogP contribution in [0.1, 0.15) is 24.5 Å². The number of rotatable bonds is 8. The predicted octanol–water partition coefficient (Wildman–Crippen LogP) is 3.80. The monoisotopic (exact) mass is 386 g/mol. The van der Waals surface area contributed by atoms with E-state index < -0.39 is 56.5 Å². The number of halogens is 3. The van der Waals surface area contributed by atoms with Gasteiger partial charge in [-0.1, -0.05) is 13.0 Å². The first kappa shape index (κ1) is 21.9. The number of nitrogens with zero attached hydrogens (tertiary/aromatic N) is 2.